The third-order valence-corrected chi connectivity index (χ3v) is 6.63. The van der Waals surface area contributed by atoms with Gasteiger partial charge in [-0.25, -0.2) is 4.79 Å². The standard InChI is InChI=1S/C22H16Cl2N2O4S/c23-17-9-3-1-7-15(17)22(27)30-14-13-26(19-11-5-4-10-18(19)24)21-16-8-2-6-12-20(16)31(28,29)25-21/h1-12H,13-14H2. The van der Waals surface area contributed by atoms with Crippen molar-refractivity contribution in [3.8, 4) is 0 Å². The lowest BCUT2D eigenvalue weighted by molar-refractivity contribution is 0.0517. The second kappa shape index (κ2) is 8.70. The van der Waals surface area contributed by atoms with E-state index in [1.165, 1.54) is 6.07 Å². The molecule has 1 heterocycles. The van der Waals surface area contributed by atoms with Crippen LogP contribution in [0.5, 0.6) is 0 Å². The van der Waals surface area contributed by atoms with Crippen LogP contribution in [0.3, 0.4) is 0 Å². The molecule has 0 N–H and O–H groups in total. The number of anilines is 1. The Balaban J connectivity index is 1.64. The number of carbonyl (C=O) groups is 1. The predicted octanol–water partition coefficient (Wildman–Crippen LogP) is 4.81. The highest BCUT2D eigenvalue weighted by atomic mass is 35.5. The number of fused-ring (bicyclic) bond motifs is 1. The average Bonchev–Trinajstić information content (AvgIpc) is 3.03. The molecule has 0 aromatic heterocycles. The molecule has 3 aromatic rings. The number of sulfonamides is 1. The van der Waals surface area contributed by atoms with Gasteiger partial charge in [-0.05, 0) is 36.4 Å². The van der Waals surface area contributed by atoms with Crippen LogP contribution in [0.15, 0.2) is 82.1 Å². The maximum Gasteiger partial charge on any atom is 0.339 e. The van der Waals surface area contributed by atoms with E-state index in [2.05, 4.69) is 4.40 Å². The van der Waals surface area contributed by atoms with Crippen molar-refractivity contribution in [1.29, 1.82) is 0 Å². The molecule has 0 amide bonds. The fraction of sp³-hybridized carbons (Fsp3) is 0.0909. The van der Waals surface area contributed by atoms with E-state index in [9.17, 15) is 13.2 Å². The van der Waals surface area contributed by atoms with Gasteiger partial charge in [0.25, 0.3) is 10.0 Å². The first-order valence-electron chi connectivity index (χ1n) is 9.26. The molecule has 1 aliphatic heterocycles. The summed E-state index contributed by atoms with van der Waals surface area (Å²) in [4.78, 5) is 14.1. The molecule has 31 heavy (non-hydrogen) atoms. The first-order chi connectivity index (χ1) is 14.9. The zero-order valence-electron chi connectivity index (χ0n) is 16.0. The maximum atomic E-state index is 12.5. The third-order valence-electron chi connectivity index (χ3n) is 4.65. The van der Waals surface area contributed by atoms with E-state index < -0.39 is 16.0 Å². The number of benzene rings is 3. The van der Waals surface area contributed by atoms with Gasteiger partial charge in [0.1, 0.15) is 11.5 Å². The molecule has 0 aliphatic carbocycles. The smallest absolute Gasteiger partial charge is 0.339 e. The molecule has 6 nitrogen and oxygen atoms in total. The van der Waals surface area contributed by atoms with Crippen molar-refractivity contribution in [2.75, 3.05) is 18.1 Å². The minimum atomic E-state index is -3.83. The van der Waals surface area contributed by atoms with Crippen molar-refractivity contribution in [2.24, 2.45) is 4.40 Å². The number of esters is 1. The SMILES string of the molecule is O=C(OCCN(C1=NS(=O)(=O)c2ccccc21)c1ccccc1Cl)c1ccccc1Cl. The lowest BCUT2D eigenvalue weighted by Crippen LogP contribution is -2.34. The van der Waals surface area contributed by atoms with Crippen molar-refractivity contribution in [2.45, 2.75) is 4.90 Å². The Morgan fingerprint density at radius 1 is 0.903 bits per heavy atom. The normalized spacial score (nSPS) is 13.9. The van der Waals surface area contributed by atoms with Crippen LogP contribution < -0.4 is 4.90 Å². The number of nitrogens with zero attached hydrogens (tertiary/aromatic N) is 2. The molecule has 0 saturated heterocycles. The van der Waals surface area contributed by atoms with E-state index in [0.717, 1.165) is 0 Å². The number of rotatable bonds is 5. The Hall–Kier alpha value is -2.87. The zero-order chi connectivity index (χ0) is 22.0. The van der Waals surface area contributed by atoms with Gasteiger partial charge in [-0.1, -0.05) is 59.6 Å². The number of hydrogen-bond acceptors (Lipinski definition) is 5. The molecule has 9 heteroatoms. The van der Waals surface area contributed by atoms with Crippen molar-refractivity contribution < 1.29 is 17.9 Å². The lowest BCUT2D eigenvalue weighted by atomic mass is 10.1. The minimum absolute atomic E-state index is 0.0451. The van der Waals surface area contributed by atoms with E-state index in [1.54, 1.807) is 71.6 Å². The van der Waals surface area contributed by atoms with Gasteiger partial charge in [0.2, 0.25) is 0 Å². The number of ether oxygens (including phenoxy) is 1. The molecule has 0 radical (unpaired) electrons. The van der Waals surface area contributed by atoms with Gasteiger partial charge in [-0.2, -0.15) is 8.42 Å². The largest absolute Gasteiger partial charge is 0.460 e. The molecular weight excluding hydrogens is 459 g/mol. The zero-order valence-corrected chi connectivity index (χ0v) is 18.4. The van der Waals surface area contributed by atoms with Crippen LogP contribution in [0, 0.1) is 0 Å². The molecule has 0 unspecified atom stereocenters. The fourth-order valence-corrected chi connectivity index (χ4v) is 4.89. The number of carbonyl (C=O) groups excluding carboxylic acids is 1. The predicted molar refractivity (Wildman–Crippen MR) is 121 cm³/mol. The van der Waals surface area contributed by atoms with Gasteiger partial charge < -0.3 is 9.64 Å². The monoisotopic (exact) mass is 474 g/mol. The minimum Gasteiger partial charge on any atom is -0.460 e. The molecule has 0 fully saturated rings. The summed E-state index contributed by atoms with van der Waals surface area (Å²) in [5.74, 6) is -0.358. The van der Waals surface area contributed by atoms with Crippen LogP contribution in [-0.2, 0) is 14.8 Å². The molecule has 0 bridgehead atoms. The summed E-state index contributed by atoms with van der Waals surface area (Å²) in [7, 11) is -3.83. The quantitative estimate of drug-likeness (QED) is 0.496. The summed E-state index contributed by atoms with van der Waals surface area (Å²) in [6.07, 6.45) is 0. The van der Waals surface area contributed by atoms with Crippen molar-refractivity contribution in [3.05, 3.63) is 94.0 Å². The summed E-state index contributed by atoms with van der Waals surface area (Å²) in [5, 5.41) is 0.694. The van der Waals surface area contributed by atoms with Gasteiger partial charge in [-0.3, -0.25) is 0 Å². The van der Waals surface area contributed by atoms with E-state index in [-0.39, 0.29) is 34.5 Å². The molecule has 3 aromatic carbocycles. The number of amidine groups is 1. The molecule has 158 valence electrons. The number of para-hydroxylation sites is 1. The molecule has 0 saturated carbocycles. The molecular formula is C22H16Cl2N2O4S. The summed E-state index contributed by atoms with van der Waals surface area (Å²) in [5.41, 5.74) is 1.25. The van der Waals surface area contributed by atoms with Crippen molar-refractivity contribution >= 4 is 50.7 Å². The second-order valence-corrected chi connectivity index (χ2v) is 8.99. The van der Waals surface area contributed by atoms with Gasteiger partial charge >= 0.3 is 5.97 Å². The topological polar surface area (TPSA) is 76.0 Å². The highest BCUT2D eigenvalue weighted by Crippen LogP contribution is 2.32. The van der Waals surface area contributed by atoms with Crippen molar-refractivity contribution in [1.82, 2.24) is 0 Å². The van der Waals surface area contributed by atoms with Crippen LogP contribution in [-0.4, -0.2) is 33.4 Å². The van der Waals surface area contributed by atoms with Gasteiger partial charge in [-0.15, -0.1) is 4.40 Å². The fourth-order valence-electron chi connectivity index (χ4n) is 3.23. The highest BCUT2D eigenvalue weighted by Gasteiger charge is 2.32. The maximum absolute atomic E-state index is 12.5. The van der Waals surface area contributed by atoms with Crippen molar-refractivity contribution in [3.63, 3.8) is 0 Å². The molecule has 4 rings (SSSR count). The summed E-state index contributed by atoms with van der Waals surface area (Å²) in [6.45, 7) is 0.0825. The van der Waals surface area contributed by atoms with E-state index in [0.29, 0.717) is 16.3 Å². The Morgan fingerprint density at radius 3 is 2.29 bits per heavy atom. The Morgan fingerprint density at radius 2 is 1.55 bits per heavy atom. The highest BCUT2D eigenvalue weighted by molar-refractivity contribution is 7.90. The van der Waals surface area contributed by atoms with Crippen LogP contribution >= 0.6 is 23.2 Å². The Kier molecular flexibility index (Phi) is 6.00. The molecule has 0 atom stereocenters. The first kappa shape index (κ1) is 21.4. The first-order valence-corrected chi connectivity index (χ1v) is 11.5. The van der Waals surface area contributed by atoms with E-state index in [1.807, 2.05) is 0 Å². The van der Waals surface area contributed by atoms with Crippen LogP contribution in [0.4, 0.5) is 5.69 Å². The third kappa shape index (κ3) is 4.30. The van der Waals surface area contributed by atoms with Crippen LogP contribution in [0.25, 0.3) is 0 Å². The van der Waals surface area contributed by atoms with E-state index in [4.69, 9.17) is 27.9 Å². The second-order valence-electron chi connectivity index (χ2n) is 6.60. The Labute approximate surface area is 189 Å². The van der Waals surface area contributed by atoms with Gasteiger partial charge in [0.05, 0.1) is 27.8 Å². The number of hydrogen-bond donors (Lipinski definition) is 0. The number of halogens is 2. The van der Waals surface area contributed by atoms with Crippen LogP contribution in [0.2, 0.25) is 10.0 Å². The summed E-state index contributed by atoms with van der Waals surface area (Å²) in [6, 6.07) is 20.1. The van der Waals surface area contributed by atoms with E-state index >= 15 is 0 Å². The lowest BCUT2D eigenvalue weighted by Gasteiger charge is -2.25. The van der Waals surface area contributed by atoms with Gasteiger partial charge in [0, 0.05) is 5.56 Å². The van der Waals surface area contributed by atoms with Crippen LogP contribution in [0.1, 0.15) is 15.9 Å². The van der Waals surface area contributed by atoms with Gasteiger partial charge in [0.15, 0.2) is 5.84 Å². The molecule has 1 aliphatic rings. The summed E-state index contributed by atoms with van der Waals surface area (Å²) >= 11 is 12.4. The Bertz CT molecular complexity index is 1290. The summed E-state index contributed by atoms with van der Waals surface area (Å²) < 4.78 is 34.4. The average molecular weight is 475 g/mol. The molecule has 0 spiro atoms.